The number of amides is 10. The Balaban J connectivity index is 0.000000171. The highest BCUT2D eigenvalue weighted by atomic mass is 19.2. The zero-order valence-corrected chi connectivity index (χ0v) is 88.0. The van der Waals surface area contributed by atoms with Gasteiger partial charge in [-0.25, -0.2) is 32.8 Å². The van der Waals surface area contributed by atoms with E-state index in [-0.39, 0.29) is 72.6 Å². The number of nitrogens with zero attached hydrogens (tertiary/aromatic N) is 14. The number of nitrogens with one attached hydrogen (secondary N) is 10. The van der Waals surface area contributed by atoms with Crippen molar-refractivity contribution >= 4 is 59.7 Å². The number of rotatable bonds is 17. The second-order valence-corrected chi connectivity index (χ2v) is 44.3. The molecule has 40 heteroatoms. The molecule has 6 atom stereocenters. The van der Waals surface area contributed by atoms with Crippen LogP contribution in [-0.4, -0.2) is 290 Å². The van der Waals surface area contributed by atoms with Gasteiger partial charge in [0.05, 0.1) is 96.1 Å². The van der Waals surface area contributed by atoms with Crippen LogP contribution in [0.4, 0.5) is 32.8 Å². The fourth-order valence-electron chi connectivity index (χ4n) is 19.8. The van der Waals surface area contributed by atoms with Crippen LogP contribution in [0.3, 0.4) is 0 Å². The monoisotopic (exact) mass is 1990 g/mol. The quantitative estimate of drug-likeness (QED) is 0.0403. The summed E-state index contributed by atoms with van der Waals surface area (Å²) in [6.45, 7) is 36.9. The predicted octanol–water partition coefficient (Wildman–Crippen LogP) is 9.56. The van der Waals surface area contributed by atoms with Gasteiger partial charge in [0, 0.05) is 118 Å². The van der Waals surface area contributed by atoms with Crippen molar-refractivity contribution < 1.29 is 76.4 Å². The Bertz CT molecular complexity index is 5480. The maximum atomic E-state index is 13.8. The summed E-state index contributed by atoms with van der Waals surface area (Å²) in [5.41, 5.74) is 12.6. The molecule has 11 heterocycles. The number of piperidine rings is 3. The molecule has 1 aromatic carbocycles. The largest absolute Gasteiger partial charge is 0.395 e. The molecule has 7 aromatic rings. The van der Waals surface area contributed by atoms with Crippen molar-refractivity contribution in [3.8, 4) is 22.5 Å². The van der Waals surface area contributed by atoms with Crippen molar-refractivity contribution in [2.75, 3.05) is 115 Å². The standard InChI is InChI=1S/C21H26F2N4O3.C21H35N5O4.C21H35N5O2.C20H33N5O3.C20H27N5O2/c1-21(2,3)18(19(29)24-4)25-20(30)27-16-8-6-12(28)10-13(16)17(26-27)11-5-7-14(22)15(23)9-11;1-21(2,3)18(19(28)22-8-11-27)23-20(29)26-16-7-12-30-13-15(16)17(24-26)14-5-9-25(4)10-6-14;1-21(2,3)18(19(27)22-4)23-20(28)26-16-9-7-6-8-15(16)17(24-26)14-10-12-25(5)13-11-14;1-20(2,3)17(18(26)21-4)22-19(27)25-15-8-11-28-12-14(15)16(23-25)13-6-9-24(5)10-7-13;1-20(2,3)17(18(26)21-4)23-19(27)25-15-10-6-5-9-14(15)16(24-25)13-8-7-11-22-12-13/h5,7,9,12,18,28H,6,8,10H2,1-4H3,(H,24,29)(H,25,30);14,18,27H,5-13H2,1-4H3,(H,22,28)(H,23,29);14,18H,6-13H2,1-5H3,(H,22,27)(H,23,28);13,17H,6-12H2,1-5H3,(H,21,26)(H,22,27);7-8,11-12,17H,5-6,9-10H2,1-4H3,(H,21,26)(H,23,27)/t12?,18-;2*18-;2*17-/m11111/s1. The van der Waals surface area contributed by atoms with Crippen LogP contribution >= 0.6 is 0 Å². The van der Waals surface area contributed by atoms with Crippen molar-refractivity contribution in [1.29, 1.82) is 0 Å². The molecule has 0 spiro atoms. The van der Waals surface area contributed by atoms with Crippen LogP contribution in [0.5, 0.6) is 0 Å². The van der Waals surface area contributed by atoms with Gasteiger partial charge in [0.15, 0.2) is 11.6 Å². The van der Waals surface area contributed by atoms with Gasteiger partial charge in [0.1, 0.15) is 30.2 Å². The Morgan fingerprint density at radius 3 is 1.08 bits per heavy atom. The molecule has 3 fully saturated rings. The first-order valence-electron chi connectivity index (χ1n) is 50.6. The van der Waals surface area contributed by atoms with E-state index < -0.39 is 81.7 Å². The van der Waals surface area contributed by atoms with Gasteiger partial charge >= 0.3 is 30.2 Å². The molecule has 10 amide bonds. The summed E-state index contributed by atoms with van der Waals surface area (Å²) in [7, 11) is 12.7. The van der Waals surface area contributed by atoms with E-state index in [1.54, 1.807) is 38.2 Å². The first kappa shape index (κ1) is 112. The third-order valence-electron chi connectivity index (χ3n) is 28.1. The van der Waals surface area contributed by atoms with Crippen molar-refractivity contribution in [2.45, 2.75) is 293 Å². The fourth-order valence-corrected chi connectivity index (χ4v) is 19.8. The molecule has 15 rings (SSSR count). The lowest BCUT2D eigenvalue weighted by Crippen LogP contribution is -2.55. The summed E-state index contributed by atoms with van der Waals surface area (Å²) in [6.07, 6.45) is 19.4. The van der Waals surface area contributed by atoms with E-state index in [0.717, 1.165) is 209 Å². The minimum Gasteiger partial charge on any atom is -0.395 e. The fraction of sp³-hybridized carbons (Fsp3) is 0.650. The van der Waals surface area contributed by atoms with Crippen LogP contribution in [-0.2, 0) is 98.0 Å². The van der Waals surface area contributed by atoms with Crippen LogP contribution in [0.1, 0.15) is 266 Å². The molecule has 6 aromatic heterocycles. The number of pyridine rings is 1. The summed E-state index contributed by atoms with van der Waals surface area (Å²) >= 11 is 0. The molecule has 0 radical (unpaired) electrons. The number of carbonyl (C=O) groups is 10. The molecular weight excluding hydrogens is 1840 g/mol. The highest BCUT2D eigenvalue weighted by Crippen LogP contribution is 2.40. The SMILES string of the molecule is CN1CCC(c2nn(C(=O)N[C@H](C(=O)NCCO)C(C)(C)C)c3c2COCC3)CC1.CNC(=O)[C@@H](NC(=O)n1nc(-c2ccc(F)c(F)c2)c2c1CCC(O)C2)C(C)(C)C.CNC(=O)[C@@H](NC(=O)n1nc(-c2cccnc2)c2c1CCCC2)C(C)(C)C.CNC(=O)[C@@H](NC(=O)n1nc(C2CCN(C)CC2)c2c1CCCC2)C(C)(C)C.CNC(=O)[C@@H](NC(=O)n1nc(C2CCN(C)CC2)c2c1CCOC2)C(C)(C)C. The Kier molecular flexibility index (Phi) is 38.1. The summed E-state index contributed by atoms with van der Waals surface area (Å²) < 4.78 is 45.6. The minimum atomic E-state index is -1.02. The lowest BCUT2D eigenvalue weighted by molar-refractivity contribution is -0.126. The van der Waals surface area contributed by atoms with E-state index in [1.807, 2.05) is 116 Å². The van der Waals surface area contributed by atoms with Crippen LogP contribution < -0.4 is 53.2 Å². The van der Waals surface area contributed by atoms with Crippen molar-refractivity contribution in [1.82, 2.24) is 122 Å². The molecule has 3 saturated heterocycles. The van der Waals surface area contributed by atoms with Gasteiger partial charge in [-0.05, 0) is 226 Å². The highest BCUT2D eigenvalue weighted by molar-refractivity contribution is 5.92. The molecule has 786 valence electrons. The number of likely N-dealkylation sites (tertiary alicyclic amines) is 3. The zero-order chi connectivity index (χ0) is 105. The number of ether oxygens (including phenoxy) is 2. The van der Waals surface area contributed by atoms with Crippen LogP contribution in [0.2, 0.25) is 0 Å². The lowest BCUT2D eigenvalue weighted by Gasteiger charge is -2.30. The molecule has 3 aliphatic carbocycles. The molecule has 38 nitrogen and oxygen atoms in total. The maximum Gasteiger partial charge on any atom is 0.343 e. The van der Waals surface area contributed by atoms with Gasteiger partial charge in [-0.2, -0.15) is 48.9 Å². The normalized spacial score (nSPS) is 18.2. The van der Waals surface area contributed by atoms with Gasteiger partial charge in [-0.1, -0.05) is 104 Å². The van der Waals surface area contributed by atoms with Gasteiger partial charge in [0.25, 0.3) is 0 Å². The summed E-state index contributed by atoms with van der Waals surface area (Å²) in [5, 5.41) is 69.8. The Morgan fingerprint density at radius 2 is 0.727 bits per heavy atom. The van der Waals surface area contributed by atoms with E-state index in [9.17, 15) is 61.8 Å². The predicted molar refractivity (Wildman–Crippen MR) is 538 cm³/mol. The summed E-state index contributed by atoms with van der Waals surface area (Å²) in [6, 6.07) is 1.75. The topological polar surface area (TPSA) is 462 Å². The average Bonchev–Trinajstić information content (AvgIpc) is 1.63. The molecule has 5 aliphatic heterocycles. The molecule has 0 saturated carbocycles. The number of hydrogen-bond acceptors (Lipinski definition) is 23. The Hall–Kier alpha value is -11.3. The van der Waals surface area contributed by atoms with Crippen LogP contribution in [0, 0.1) is 38.7 Å². The van der Waals surface area contributed by atoms with Crippen LogP contribution in [0.25, 0.3) is 22.5 Å². The smallest absolute Gasteiger partial charge is 0.343 e. The van der Waals surface area contributed by atoms with E-state index in [0.29, 0.717) is 92.4 Å². The van der Waals surface area contributed by atoms with Gasteiger partial charge in [-0.3, -0.25) is 29.0 Å². The number of halogens is 2. The molecule has 143 heavy (non-hydrogen) atoms. The molecule has 0 bridgehead atoms. The molecule has 12 N–H and O–H groups in total. The highest BCUT2D eigenvalue weighted by Gasteiger charge is 2.43. The average molecular weight is 1990 g/mol. The van der Waals surface area contributed by atoms with E-state index >= 15 is 0 Å². The maximum absolute atomic E-state index is 13.8. The second-order valence-electron chi connectivity index (χ2n) is 44.3. The minimum absolute atomic E-state index is 0.149. The third kappa shape index (κ3) is 27.9. The molecule has 8 aliphatic rings. The number of likely N-dealkylation sites (N-methyl/N-ethyl adjacent to an activating group) is 4. The van der Waals surface area contributed by atoms with Crippen molar-refractivity contribution in [3.63, 3.8) is 0 Å². The number of hydrogen-bond donors (Lipinski definition) is 12. The Labute approximate surface area is 839 Å². The van der Waals surface area contributed by atoms with Crippen molar-refractivity contribution in [2.24, 2.45) is 27.1 Å². The zero-order valence-electron chi connectivity index (χ0n) is 88.0. The van der Waals surface area contributed by atoms with E-state index in [4.69, 9.17) is 29.9 Å². The number of carbonyl (C=O) groups excluding carboxylic acids is 10. The van der Waals surface area contributed by atoms with Gasteiger partial charge in [0.2, 0.25) is 29.5 Å². The first-order valence-corrected chi connectivity index (χ1v) is 50.6. The lowest BCUT2D eigenvalue weighted by atomic mass is 9.86. The van der Waals surface area contributed by atoms with E-state index in [2.05, 4.69) is 104 Å². The van der Waals surface area contributed by atoms with Crippen molar-refractivity contribution in [3.05, 3.63) is 128 Å². The van der Waals surface area contributed by atoms with Gasteiger partial charge < -0.3 is 87.6 Å². The number of aliphatic hydroxyl groups excluding tert-OH is 2. The summed E-state index contributed by atoms with van der Waals surface area (Å²) in [4.78, 5) is 139. The Morgan fingerprint density at radius 1 is 0.399 bits per heavy atom. The van der Waals surface area contributed by atoms with E-state index in [1.165, 1.54) is 37.4 Å². The van der Waals surface area contributed by atoms with Gasteiger partial charge in [-0.15, -0.1) is 0 Å². The molecular formula is C103H156F2N24O14. The number of aliphatic hydroxyl groups is 2. The number of benzene rings is 1. The molecule has 1 unspecified atom stereocenters. The van der Waals surface area contributed by atoms with Crippen LogP contribution in [0.15, 0.2) is 42.7 Å². The second kappa shape index (κ2) is 48.6. The third-order valence-corrected chi connectivity index (χ3v) is 28.1. The first-order chi connectivity index (χ1) is 67.5. The number of fused-ring (bicyclic) bond motifs is 5. The number of aromatic nitrogens is 11. The summed E-state index contributed by atoms with van der Waals surface area (Å²) in [5.74, 6) is -2.18.